The maximum absolute atomic E-state index is 12.5. The Balaban J connectivity index is 2.25. The number of hydrogen-bond donors (Lipinski definition) is 1. The average molecular weight is 378 g/mol. The number of aromatic nitrogens is 1. The number of unbranched alkanes of at least 4 members (excludes halogenated alkanes) is 1. The summed E-state index contributed by atoms with van der Waals surface area (Å²) in [6, 6.07) is 6.92. The summed E-state index contributed by atoms with van der Waals surface area (Å²) in [7, 11) is 4.90. The highest BCUT2D eigenvalue weighted by molar-refractivity contribution is 6.32. The number of hydrogen-bond acceptors (Lipinski definition) is 5. The van der Waals surface area contributed by atoms with Crippen molar-refractivity contribution >= 4 is 28.9 Å². The Kier molecular flexibility index (Phi) is 7.09. The molecule has 2 rings (SSSR count). The first-order chi connectivity index (χ1) is 12.5. The standard InChI is InChI=1S/C19H24ClN3O3/c1-5-6-9-23(2)19(24)16-10-13(7-8-21-16)22-15-12-17(25-3)14(20)11-18(15)26-4/h7-8,10-12H,5-6,9H2,1-4H3,(H,21,22). The lowest BCUT2D eigenvalue weighted by atomic mass is 10.2. The number of methoxy groups -OCH3 is 2. The fraction of sp³-hybridized carbons (Fsp3) is 0.368. The molecule has 1 amide bonds. The van der Waals surface area contributed by atoms with Crippen LogP contribution in [0.15, 0.2) is 30.5 Å². The van der Waals surface area contributed by atoms with Gasteiger partial charge in [-0.05, 0) is 18.6 Å². The summed E-state index contributed by atoms with van der Waals surface area (Å²) in [6.07, 6.45) is 3.59. The van der Waals surface area contributed by atoms with Gasteiger partial charge in [-0.2, -0.15) is 0 Å². The maximum Gasteiger partial charge on any atom is 0.272 e. The van der Waals surface area contributed by atoms with Gasteiger partial charge < -0.3 is 19.7 Å². The number of carbonyl (C=O) groups excluding carboxylic acids is 1. The number of nitrogens with one attached hydrogen (secondary N) is 1. The minimum absolute atomic E-state index is 0.109. The van der Waals surface area contributed by atoms with Crippen LogP contribution in [0.5, 0.6) is 11.5 Å². The summed E-state index contributed by atoms with van der Waals surface area (Å²) >= 11 is 6.13. The first kappa shape index (κ1) is 19.8. The summed E-state index contributed by atoms with van der Waals surface area (Å²) in [5.41, 5.74) is 1.78. The van der Waals surface area contributed by atoms with Crippen molar-refractivity contribution in [2.45, 2.75) is 19.8 Å². The molecule has 0 fully saturated rings. The van der Waals surface area contributed by atoms with E-state index in [2.05, 4.69) is 17.2 Å². The number of halogens is 1. The molecule has 0 saturated carbocycles. The number of anilines is 2. The summed E-state index contributed by atoms with van der Waals surface area (Å²) in [4.78, 5) is 18.4. The quantitative estimate of drug-likeness (QED) is 0.740. The van der Waals surface area contributed by atoms with Crippen molar-refractivity contribution in [1.82, 2.24) is 9.88 Å². The molecule has 140 valence electrons. The van der Waals surface area contributed by atoms with Crippen molar-refractivity contribution in [2.75, 3.05) is 33.1 Å². The molecular formula is C19H24ClN3O3. The van der Waals surface area contributed by atoms with Gasteiger partial charge in [-0.3, -0.25) is 9.78 Å². The topological polar surface area (TPSA) is 63.7 Å². The van der Waals surface area contributed by atoms with E-state index in [4.69, 9.17) is 21.1 Å². The third-order valence-electron chi connectivity index (χ3n) is 3.93. The van der Waals surface area contributed by atoms with Crippen LogP contribution in [0.2, 0.25) is 5.02 Å². The fourth-order valence-corrected chi connectivity index (χ4v) is 2.66. The van der Waals surface area contributed by atoms with E-state index in [9.17, 15) is 4.79 Å². The van der Waals surface area contributed by atoms with Crippen LogP contribution < -0.4 is 14.8 Å². The van der Waals surface area contributed by atoms with Crippen LogP contribution >= 0.6 is 11.6 Å². The summed E-state index contributed by atoms with van der Waals surface area (Å²) in [5, 5.41) is 3.68. The Bertz CT molecular complexity index is 768. The molecule has 0 unspecified atom stereocenters. The van der Waals surface area contributed by atoms with Crippen molar-refractivity contribution in [3.05, 3.63) is 41.2 Å². The van der Waals surface area contributed by atoms with Crippen LogP contribution in [-0.4, -0.2) is 43.6 Å². The van der Waals surface area contributed by atoms with Crippen LogP contribution in [0.25, 0.3) is 0 Å². The molecule has 0 bridgehead atoms. The van der Waals surface area contributed by atoms with Gasteiger partial charge in [0.1, 0.15) is 17.2 Å². The van der Waals surface area contributed by atoms with E-state index in [1.807, 2.05) is 0 Å². The molecule has 1 aromatic carbocycles. The van der Waals surface area contributed by atoms with E-state index in [0.29, 0.717) is 34.4 Å². The lowest BCUT2D eigenvalue weighted by Gasteiger charge is -2.17. The van der Waals surface area contributed by atoms with Gasteiger partial charge in [0, 0.05) is 37.6 Å². The number of pyridine rings is 1. The monoisotopic (exact) mass is 377 g/mol. The molecular weight excluding hydrogens is 354 g/mol. The van der Waals surface area contributed by atoms with Crippen LogP contribution in [-0.2, 0) is 0 Å². The lowest BCUT2D eigenvalue weighted by molar-refractivity contribution is 0.0787. The summed E-state index contributed by atoms with van der Waals surface area (Å²) < 4.78 is 10.6. The largest absolute Gasteiger partial charge is 0.495 e. The number of carbonyl (C=O) groups is 1. The third kappa shape index (κ3) is 4.79. The average Bonchev–Trinajstić information content (AvgIpc) is 2.66. The van der Waals surface area contributed by atoms with E-state index in [-0.39, 0.29) is 5.91 Å². The fourth-order valence-electron chi connectivity index (χ4n) is 2.43. The highest BCUT2D eigenvalue weighted by atomic mass is 35.5. The zero-order valence-corrected chi connectivity index (χ0v) is 16.3. The van der Waals surface area contributed by atoms with E-state index in [0.717, 1.165) is 18.5 Å². The first-order valence-corrected chi connectivity index (χ1v) is 8.78. The van der Waals surface area contributed by atoms with Gasteiger partial charge in [0.2, 0.25) is 0 Å². The summed E-state index contributed by atoms with van der Waals surface area (Å²) in [5.74, 6) is 0.989. The van der Waals surface area contributed by atoms with E-state index in [1.54, 1.807) is 56.6 Å². The maximum atomic E-state index is 12.5. The molecule has 0 spiro atoms. The lowest BCUT2D eigenvalue weighted by Crippen LogP contribution is -2.28. The minimum Gasteiger partial charge on any atom is -0.495 e. The number of rotatable bonds is 8. The second-order valence-corrected chi connectivity index (χ2v) is 6.23. The molecule has 0 aliphatic carbocycles. The third-order valence-corrected chi connectivity index (χ3v) is 4.22. The van der Waals surface area contributed by atoms with E-state index >= 15 is 0 Å². The van der Waals surface area contributed by atoms with Crippen LogP contribution in [0.1, 0.15) is 30.3 Å². The molecule has 7 heteroatoms. The molecule has 26 heavy (non-hydrogen) atoms. The molecule has 0 atom stereocenters. The molecule has 2 aromatic rings. The predicted molar refractivity (Wildman–Crippen MR) is 104 cm³/mol. The van der Waals surface area contributed by atoms with Gasteiger partial charge in [0.25, 0.3) is 5.91 Å². The molecule has 0 aliphatic heterocycles. The molecule has 0 saturated heterocycles. The number of amides is 1. The van der Waals surface area contributed by atoms with Gasteiger partial charge >= 0.3 is 0 Å². The van der Waals surface area contributed by atoms with Gasteiger partial charge in [-0.1, -0.05) is 24.9 Å². The van der Waals surface area contributed by atoms with Gasteiger partial charge in [0.15, 0.2) is 0 Å². The van der Waals surface area contributed by atoms with Crippen LogP contribution in [0.3, 0.4) is 0 Å². The van der Waals surface area contributed by atoms with E-state index < -0.39 is 0 Å². The molecule has 6 nitrogen and oxygen atoms in total. The second-order valence-electron chi connectivity index (χ2n) is 5.82. The predicted octanol–water partition coefficient (Wildman–Crippen LogP) is 4.37. The zero-order chi connectivity index (χ0) is 19.1. The Morgan fingerprint density at radius 1 is 1.23 bits per heavy atom. The minimum atomic E-state index is -0.109. The van der Waals surface area contributed by atoms with Crippen molar-refractivity contribution < 1.29 is 14.3 Å². The second kappa shape index (κ2) is 9.29. The van der Waals surface area contributed by atoms with Crippen LogP contribution in [0, 0.1) is 0 Å². The smallest absolute Gasteiger partial charge is 0.272 e. The molecule has 0 aliphatic rings. The normalized spacial score (nSPS) is 10.3. The summed E-state index contributed by atoms with van der Waals surface area (Å²) in [6.45, 7) is 2.80. The van der Waals surface area contributed by atoms with Crippen molar-refractivity contribution in [3.63, 3.8) is 0 Å². The Labute approximate surface area is 159 Å². The van der Waals surface area contributed by atoms with Gasteiger partial charge in [-0.15, -0.1) is 0 Å². The first-order valence-electron chi connectivity index (χ1n) is 8.40. The SMILES string of the molecule is CCCCN(C)C(=O)c1cc(Nc2cc(OC)c(Cl)cc2OC)ccn1. The molecule has 1 heterocycles. The Morgan fingerprint density at radius 2 is 1.96 bits per heavy atom. The number of ether oxygens (including phenoxy) is 2. The van der Waals surface area contributed by atoms with Gasteiger partial charge in [-0.25, -0.2) is 0 Å². The molecule has 0 radical (unpaired) electrons. The highest BCUT2D eigenvalue weighted by Crippen LogP contribution is 2.37. The van der Waals surface area contributed by atoms with Crippen molar-refractivity contribution in [1.29, 1.82) is 0 Å². The van der Waals surface area contributed by atoms with Gasteiger partial charge in [0.05, 0.1) is 24.9 Å². The highest BCUT2D eigenvalue weighted by Gasteiger charge is 2.14. The number of benzene rings is 1. The Morgan fingerprint density at radius 3 is 2.62 bits per heavy atom. The van der Waals surface area contributed by atoms with Crippen LogP contribution in [0.4, 0.5) is 11.4 Å². The van der Waals surface area contributed by atoms with E-state index in [1.165, 1.54) is 0 Å². The molecule has 1 aromatic heterocycles. The number of nitrogens with zero attached hydrogens (tertiary/aromatic N) is 2. The molecule has 1 N–H and O–H groups in total. The van der Waals surface area contributed by atoms with Crippen molar-refractivity contribution in [2.24, 2.45) is 0 Å². The van der Waals surface area contributed by atoms with Crippen molar-refractivity contribution in [3.8, 4) is 11.5 Å². The zero-order valence-electron chi connectivity index (χ0n) is 15.5. The Hall–Kier alpha value is -2.47.